The molecule has 6 nitrogen and oxygen atoms in total. The second kappa shape index (κ2) is 6.23. The van der Waals surface area contributed by atoms with E-state index in [1.807, 2.05) is 51.1 Å². The molecule has 0 fully saturated rings. The Kier molecular flexibility index (Phi) is 4.12. The van der Waals surface area contributed by atoms with Crippen molar-refractivity contribution in [3.05, 3.63) is 59.4 Å². The fraction of sp³-hybridized carbons (Fsp3) is 0.222. The first-order valence-electron chi connectivity index (χ1n) is 7.71. The molecule has 0 unspecified atom stereocenters. The Morgan fingerprint density at radius 2 is 1.83 bits per heavy atom. The highest BCUT2D eigenvalue weighted by Crippen LogP contribution is 2.31. The summed E-state index contributed by atoms with van der Waals surface area (Å²) in [4.78, 5) is 11.8. The first kappa shape index (κ1) is 15.9. The topological polar surface area (TPSA) is 80.9 Å². The number of para-hydroxylation sites is 1. The molecule has 6 heteroatoms. The third kappa shape index (κ3) is 2.78. The molecule has 0 aliphatic carbocycles. The number of aryl methyl sites for hydroxylation is 1. The van der Waals surface area contributed by atoms with Crippen LogP contribution in [-0.4, -0.2) is 31.3 Å². The summed E-state index contributed by atoms with van der Waals surface area (Å²) in [6.07, 6.45) is 0. The third-order valence-electron chi connectivity index (χ3n) is 3.85. The lowest BCUT2D eigenvalue weighted by atomic mass is 9.98. The van der Waals surface area contributed by atoms with E-state index >= 15 is 0 Å². The number of hydrogen-bond donors (Lipinski definition) is 1. The minimum absolute atomic E-state index is 0.0627. The average molecular weight is 322 g/mol. The molecule has 1 heterocycles. The molecule has 0 atom stereocenters. The molecule has 0 radical (unpaired) electrons. The lowest BCUT2D eigenvalue weighted by Crippen LogP contribution is -2.12. The predicted molar refractivity (Wildman–Crippen MR) is 90.4 cm³/mol. The van der Waals surface area contributed by atoms with Crippen molar-refractivity contribution in [1.29, 1.82) is 0 Å². The standard InChI is InChI=1S/C18H18N4O2/c1-11(2)17-19-20-21-22(17)16-14(5-4-6-15(16)18(23)24)13-9-7-12(3)8-10-13/h4-11H,1-3H3,(H,23,24). The van der Waals surface area contributed by atoms with E-state index in [4.69, 9.17) is 0 Å². The average Bonchev–Trinajstić information content (AvgIpc) is 3.04. The van der Waals surface area contributed by atoms with Gasteiger partial charge in [-0.1, -0.05) is 55.8 Å². The van der Waals surface area contributed by atoms with E-state index in [0.717, 1.165) is 16.7 Å². The molecule has 0 aliphatic rings. The second-order valence-electron chi connectivity index (χ2n) is 5.98. The second-order valence-corrected chi connectivity index (χ2v) is 5.98. The highest BCUT2D eigenvalue weighted by molar-refractivity contribution is 5.96. The van der Waals surface area contributed by atoms with Crippen LogP contribution >= 0.6 is 0 Å². The Hall–Kier alpha value is -3.02. The number of tetrazole rings is 1. The Balaban J connectivity index is 2.31. The van der Waals surface area contributed by atoms with E-state index in [-0.39, 0.29) is 11.5 Å². The van der Waals surface area contributed by atoms with Gasteiger partial charge in [0.1, 0.15) is 0 Å². The molecule has 3 aromatic rings. The summed E-state index contributed by atoms with van der Waals surface area (Å²) in [5.41, 5.74) is 3.50. The van der Waals surface area contributed by atoms with Gasteiger partial charge in [0, 0.05) is 11.5 Å². The summed E-state index contributed by atoms with van der Waals surface area (Å²) >= 11 is 0. The molecule has 0 saturated heterocycles. The maximum absolute atomic E-state index is 11.8. The monoisotopic (exact) mass is 322 g/mol. The first-order valence-corrected chi connectivity index (χ1v) is 7.71. The largest absolute Gasteiger partial charge is 0.478 e. The van der Waals surface area contributed by atoms with Gasteiger partial charge in [-0.25, -0.2) is 4.79 Å². The molecule has 0 amide bonds. The van der Waals surface area contributed by atoms with Gasteiger partial charge in [-0.05, 0) is 29.0 Å². The van der Waals surface area contributed by atoms with E-state index in [0.29, 0.717) is 11.5 Å². The minimum atomic E-state index is -1.01. The molecule has 1 N–H and O–H groups in total. The summed E-state index contributed by atoms with van der Waals surface area (Å²) in [6.45, 7) is 5.95. The molecule has 122 valence electrons. The van der Waals surface area contributed by atoms with E-state index in [9.17, 15) is 9.90 Å². The summed E-state index contributed by atoms with van der Waals surface area (Å²) < 4.78 is 1.53. The third-order valence-corrected chi connectivity index (χ3v) is 3.85. The number of aromatic carboxylic acids is 1. The SMILES string of the molecule is Cc1ccc(-c2cccc(C(=O)O)c2-n2nnnc2C(C)C)cc1. The smallest absolute Gasteiger partial charge is 0.337 e. The van der Waals surface area contributed by atoms with Crippen LogP contribution < -0.4 is 0 Å². The molecule has 0 bridgehead atoms. The van der Waals surface area contributed by atoms with Crippen molar-refractivity contribution in [3.63, 3.8) is 0 Å². The van der Waals surface area contributed by atoms with Gasteiger partial charge >= 0.3 is 5.97 Å². The van der Waals surface area contributed by atoms with Gasteiger partial charge in [0.15, 0.2) is 5.82 Å². The highest BCUT2D eigenvalue weighted by atomic mass is 16.4. The number of aromatic nitrogens is 4. The van der Waals surface area contributed by atoms with Crippen molar-refractivity contribution in [2.45, 2.75) is 26.7 Å². The molecule has 0 spiro atoms. The van der Waals surface area contributed by atoms with E-state index in [1.54, 1.807) is 12.1 Å². The Labute approximate surface area is 139 Å². The zero-order valence-corrected chi connectivity index (χ0v) is 13.8. The molecule has 24 heavy (non-hydrogen) atoms. The fourth-order valence-corrected chi connectivity index (χ4v) is 2.62. The number of carboxylic acid groups (broad SMARTS) is 1. The molecule has 2 aromatic carbocycles. The maximum atomic E-state index is 11.8. The van der Waals surface area contributed by atoms with Crippen LogP contribution in [0.2, 0.25) is 0 Å². The minimum Gasteiger partial charge on any atom is -0.478 e. The lowest BCUT2D eigenvalue weighted by Gasteiger charge is -2.15. The maximum Gasteiger partial charge on any atom is 0.337 e. The quantitative estimate of drug-likeness (QED) is 0.795. The van der Waals surface area contributed by atoms with Crippen LogP contribution in [-0.2, 0) is 0 Å². The van der Waals surface area contributed by atoms with Crippen LogP contribution in [0.15, 0.2) is 42.5 Å². The molecule has 1 aromatic heterocycles. The van der Waals surface area contributed by atoms with Crippen molar-refractivity contribution in [2.24, 2.45) is 0 Å². The number of rotatable bonds is 4. The summed E-state index contributed by atoms with van der Waals surface area (Å²) in [6, 6.07) is 13.1. The zero-order valence-electron chi connectivity index (χ0n) is 13.8. The normalized spacial score (nSPS) is 11.0. The van der Waals surface area contributed by atoms with Gasteiger partial charge < -0.3 is 5.11 Å². The number of carboxylic acids is 1. The number of carbonyl (C=O) groups is 1. The molecular weight excluding hydrogens is 304 g/mol. The Morgan fingerprint density at radius 3 is 2.46 bits per heavy atom. The van der Waals surface area contributed by atoms with Crippen molar-refractivity contribution in [2.75, 3.05) is 0 Å². The molecule has 0 aliphatic heterocycles. The highest BCUT2D eigenvalue weighted by Gasteiger charge is 2.22. The van der Waals surface area contributed by atoms with Crippen LogP contribution in [0.4, 0.5) is 0 Å². The van der Waals surface area contributed by atoms with Gasteiger partial charge in [0.2, 0.25) is 0 Å². The number of benzene rings is 2. The summed E-state index contributed by atoms with van der Waals surface area (Å²) in [5.74, 6) is -0.325. The van der Waals surface area contributed by atoms with Crippen LogP contribution in [0.25, 0.3) is 16.8 Å². The predicted octanol–water partition coefficient (Wildman–Crippen LogP) is 3.46. The van der Waals surface area contributed by atoms with Crippen molar-refractivity contribution >= 4 is 5.97 Å². The van der Waals surface area contributed by atoms with Crippen LogP contribution in [0.3, 0.4) is 0 Å². The molecule has 0 saturated carbocycles. The van der Waals surface area contributed by atoms with Crippen molar-refractivity contribution in [3.8, 4) is 16.8 Å². The van der Waals surface area contributed by atoms with E-state index < -0.39 is 5.97 Å². The zero-order chi connectivity index (χ0) is 17.3. The van der Waals surface area contributed by atoms with E-state index in [1.165, 1.54) is 4.68 Å². The van der Waals surface area contributed by atoms with Gasteiger partial charge in [0.25, 0.3) is 0 Å². The molecule has 3 rings (SSSR count). The van der Waals surface area contributed by atoms with Crippen molar-refractivity contribution in [1.82, 2.24) is 20.2 Å². The number of nitrogens with zero attached hydrogens (tertiary/aromatic N) is 4. The van der Waals surface area contributed by atoms with Crippen LogP contribution in [0.1, 0.15) is 41.5 Å². The van der Waals surface area contributed by atoms with Gasteiger partial charge in [-0.3, -0.25) is 0 Å². The van der Waals surface area contributed by atoms with Crippen LogP contribution in [0, 0.1) is 6.92 Å². The lowest BCUT2D eigenvalue weighted by molar-refractivity contribution is 0.0696. The Bertz CT molecular complexity index is 882. The van der Waals surface area contributed by atoms with Crippen LogP contribution in [0.5, 0.6) is 0 Å². The Morgan fingerprint density at radius 1 is 1.12 bits per heavy atom. The van der Waals surface area contributed by atoms with Gasteiger partial charge in [-0.15, -0.1) is 5.10 Å². The number of hydrogen-bond acceptors (Lipinski definition) is 4. The van der Waals surface area contributed by atoms with Gasteiger partial charge in [0.05, 0.1) is 11.3 Å². The summed E-state index contributed by atoms with van der Waals surface area (Å²) in [5, 5.41) is 21.5. The fourth-order valence-electron chi connectivity index (χ4n) is 2.62. The summed E-state index contributed by atoms with van der Waals surface area (Å²) in [7, 11) is 0. The first-order chi connectivity index (χ1) is 11.5. The van der Waals surface area contributed by atoms with Gasteiger partial charge in [-0.2, -0.15) is 4.68 Å². The molecular formula is C18H18N4O2. The van der Waals surface area contributed by atoms with E-state index in [2.05, 4.69) is 15.5 Å². The van der Waals surface area contributed by atoms with Crippen molar-refractivity contribution < 1.29 is 9.90 Å².